The molecule has 0 bridgehead atoms. The molecular formula is C12H25NO. The lowest BCUT2D eigenvalue weighted by molar-refractivity contribution is 0.183. The topological polar surface area (TPSA) is 21.3 Å². The molecule has 0 aliphatic heterocycles. The Morgan fingerprint density at radius 2 is 2.00 bits per heavy atom. The summed E-state index contributed by atoms with van der Waals surface area (Å²) in [5.41, 5.74) is 0. The third-order valence-corrected chi connectivity index (χ3v) is 3.37. The van der Waals surface area contributed by atoms with Gasteiger partial charge in [-0.1, -0.05) is 26.2 Å². The Bertz CT molecular complexity index is 132. The van der Waals surface area contributed by atoms with E-state index in [1.54, 1.807) is 7.11 Å². The number of nitrogens with one attached hydrogen (secondary N) is 1. The minimum atomic E-state index is 0.727. The summed E-state index contributed by atoms with van der Waals surface area (Å²) in [6.07, 6.45) is 8.44. The largest absolute Gasteiger partial charge is 0.383 e. The lowest BCUT2D eigenvalue weighted by atomic mass is 9.83. The van der Waals surface area contributed by atoms with Gasteiger partial charge in [-0.15, -0.1) is 0 Å². The smallest absolute Gasteiger partial charge is 0.0587 e. The van der Waals surface area contributed by atoms with Crippen molar-refractivity contribution in [2.75, 3.05) is 20.3 Å². The third kappa shape index (κ3) is 3.97. The Balaban J connectivity index is 2.21. The van der Waals surface area contributed by atoms with Crippen molar-refractivity contribution in [2.45, 2.75) is 51.5 Å². The molecule has 1 unspecified atom stereocenters. The average Bonchev–Trinajstić information content (AvgIpc) is 2.26. The van der Waals surface area contributed by atoms with Gasteiger partial charge in [-0.05, 0) is 25.2 Å². The molecule has 1 saturated carbocycles. The summed E-state index contributed by atoms with van der Waals surface area (Å²) in [5.74, 6) is 0.922. The molecule has 0 spiro atoms. The van der Waals surface area contributed by atoms with Gasteiger partial charge in [0.25, 0.3) is 0 Å². The maximum atomic E-state index is 5.06. The minimum Gasteiger partial charge on any atom is -0.383 e. The Hall–Kier alpha value is -0.0800. The van der Waals surface area contributed by atoms with Crippen LogP contribution in [-0.4, -0.2) is 26.3 Å². The van der Waals surface area contributed by atoms with Gasteiger partial charge in [0.2, 0.25) is 0 Å². The Labute approximate surface area is 88.4 Å². The van der Waals surface area contributed by atoms with Crippen LogP contribution in [0.2, 0.25) is 0 Å². The van der Waals surface area contributed by atoms with Crippen LogP contribution in [0.25, 0.3) is 0 Å². The van der Waals surface area contributed by atoms with E-state index in [0.717, 1.165) is 25.1 Å². The van der Waals surface area contributed by atoms with Crippen molar-refractivity contribution >= 4 is 0 Å². The highest BCUT2D eigenvalue weighted by Crippen LogP contribution is 2.27. The minimum absolute atomic E-state index is 0.727. The predicted molar refractivity (Wildman–Crippen MR) is 60.5 cm³/mol. The molecule has 84 valence electrons. The number of methoxy groups -OCH3 is 1. The molecule has 1 atom stereocenters. The maximum Gasteiger partial charge on any atom is 0.0587 e. The van der Waals surface area contributed by atoms with Crippen molar-refractivity contribution in [3.63, 3.8) is 0 Å². The van der Waals surface area contributed by atoms with Crippen molar-refractivity contribution in [1.29, 1.82) is 0 Å². The van der Waals surface area contributed by atoms with E-state index in [1.165, 1.54) is 38.5 Å². The summed E-state index contributed by atoms with van der Waals surface area (Å²) >= 11 is 0. The quantitative estimate of drug-likeness (QED) is 0.664. The number of hydrogen-bond donors (Lipinski definition) is 1. The zero-order valence-electron chi connectivity index (χ0n) is 9.72. The van der Waals surface area contributed by atoms with Gasteiger partial charge < -0.3 is 10.1 Å². The van der Waals surface area contributed by atoms with Crippen LogP contribution < -0.4 is 5.32 Å². The monoisotopic (exact) mass is 199 g/mol. The van der Waals surface area contributed by atoms with Crippen LogP contribution in [-0.2, 0) is 4.74 Å². The molecular weight excluding hydrogens is 174 g/mol. The normalized spacial score (nSPS) is 21.0. The first kappa shape index (κ1) is 12.0. The van der Waals surface area contributed by atoms with E-state index < -0.39 is 0 Å². The summed E-state index contributed by atoms with van der Waals surface area (Å²) in [6.45, 7) is 4.13. The van der Waals surface area contributed by atoms with Gasteiger partial charge in [-0.25, -0.2) is 0 Å². The van der Waals surface area contributed by atoms with Gasteiger partial charge in [-0.3, -0.25) is 0 Å². The van der Waals surface area contributed by atoms with E-state index in [2.05, 4.69) is 12.2 Å². The van der Waals surface area contributed by atoms with Crippen molar-refractivity contribution in [3.05, 3.63) is 0 Å². The highest BCUT2D eigenvalue weighted by molar-refractivity contribution is 4.78. The van der Waals surface area contributed by atoms with Crippen LogP contribution in [0, 0.1) is 5.92 Å². The average molecular weight is 199 g/mol. The molecule has 2 heteroatoms. The zero-order valence-corrected chi connectivity index (χ0v) is 9.72. The van der Waals surface area contributed by atoms with Crippen LogP contribution in [0.15, 0.2) is 0 Å². The number of ether oxygens (including phenoxy) is 1. The van der Waals surface area contributed by atoms with E-state index in [4.69, 9.17) is 4.74 Å². The third-order valence-electron chi connectivity index (χ3n) is 3.37. The molecule has 0 aromatic heterocycles. The molecule has 1 aliphatic carbocycles. The molecule has 0 aromatic carbocycles. The van der Waals surface area contributed by atoms with Crippen LogP contribution in [0.3, 0.4) is 0 Å². The molecule has 1 aliphatic rings. The Morgan fingerprint density at radius 3 is 2.57 bits per heavy atom. The van der Waals surface area contributed by atoms with Gasteiger partial charge in [0.1, 0.15) is 0 Å². The van der Waals surface area contributed by atoms with Gasteiger partial charge in [-0.2, -0.15) is 0 Å². The van der Waals surface area contributed by atoms with E-state index in [1.807, 2.05) is 0 Å². The van der Waals surface area contributed by atoms with Crippen LogP contribution >= 0.6 is 0 Å². The molecule has 0 amide bonds. The first-order valence-electron chi connectivity index (χ1n) is 6.10. The van der Waals surface area contributed by atoms with E-state index >= 15 is 0 Å². The zero-order chi connectivity index (χ0) is 10.2. The molecule has 14 heavy (non-hydrogen) atoms. The van der Waals surface area contributed by atoms with Crippen LogP contribution in [0.1, 0.15) is 45.4 Å². The molecule has 0 heterocycles. The summed E-state index contributed by atoms with van der Waals surface area (Å²) in [6, 6.07) is 0.727. The second-order valence-corrected chi connectivity index (χ2v) is 4.36. The second kappa shape index (κ2) is 7.24. The van der Waals surface area contributed by atoms with Crippen molar-refractivity contribution < 1.29 is 4.74 Å². The van der Waals surface area contributed by atoms with Crippen LogP contribution in [0.5, 0.6) is 0 Å². The molecule has 0 aromatic rings. The van der Waals surface area contributed by atoms with E-state index in [-0.39, 0.29) is 0 Å². The van der Waals surface area contributed by atoms with Crippen molar-refractivity contribution in [3.8, 4) is 0 Å². The lowest BCUT2D eigenvalue weighted by Gasteiger charge is -2.30. The van der Waals surface area contributed by atoms with Crippen LogP contribution in [0.4, 0.5) is 0 Å². The maximum absolute atomic E-state index is 5.06. The fourth-order valence-electron chi connectivity index (χ4n) is 2.53. The molecule has 1 N–H and O–H groups in total. The highest BCUT2D eigenvalue weighted by atomic mass is 16.5. The standard InChI is InChI=1S/C12H25NO/c1-3-12(13-9-10-14-2)11-7-5-4-6-8-11/h11-13H,3-10H2,1-2H3. The van der Waals surface area contributed by atoms with E-state index in [0.29, 0.717) is 0 Å². The summed E-state index contributed by atoms with van der Waals surface area (Å²) < 4.78 is 5.06. The van der Waals surface area contributed by atoms with E-state index in [9.17, 15) is 0 Å². The fraction of sp³-hybridized carbons (Fsp3) is 1.00. The fourth-order valence-corrected chi connectivity index (χ4v) is 2.53. The molecule has 0 radical (unpaired) electrons. The number of hydrogen-bond acceptors (Lipinski definition) is 2. The van der Waals surface area contributed by atoms with Gasteiger partial charge >= 0.3 is 0 Å². The molecule has 0 saturated heterocycles. The highest BCUT2D eigenvalue weighted by Gasteiger charge is 2.21. The predicted octanol–water partition coefficient (Wildman–Crippen LogP) is 2.58. The van der Waals surface area contributed by atoms with Crippen molar-refractivity contribution in [1.82, 2.24) is 5.32 Å². The molecule has 1 rings (SSSR count). The summed E-state index contributed by atoms with van der Waals surface area (Å²) in [7, 11) is 1.77. The van der Waals surface area contributed by atoms with Crippen molar-refractivity contribution in [2.24, 2.45) is 5.92 Å². The summed E-state index contributed by atoms with van der Waals surface area (Å²) in [5, 5.41) is 3.62. The first-order chi connectivity index (χ1) is 6.88. The van der Waals surface area contributed by atoms with Gasteiger partial charge in [0, 0.05) is 19.7 Å². The Morgan fingerprint density at radius 1 is 1.29 bits per heavy atom. The second-order valence-electron chi connectivity index (χ2n) is 4.36. The Kier molecular flexibility index (Phi) is 6.20. The van der Waals surface area contributed by atoms with Gasteiger partial charge in [0.15, 0.2) is 0 Å². The number of rotatable bonds is 6. The summed E-state index contributed by atoms with van der Waals surface area (Å²) in [4.78, 5) is 0. The first-order valence-corrected chi connectivity index (χ1v) is 6.10. The SMILES string of the molecule is CCC(NCCOC)C1CCCCC1. The lowest BCUT2D eigenvalue weighted by Crippen LogP contribution is -2.38. The molecule has 1 fully saturated rings. The molecule has 2 nitrogen and oxygen atoms in total. The van der Waals surface area contributed by atoms with Gasteiger partial charge in [0.05, 0.1) is 6.61 Å².